The predicted molar refractivity (Wildman–Crippen MR) is 127 cm³/mol. The lowest BCUT2D eigenvalue weighted by molar-refractivity contribution is -0.116. The molecule has 9 heteroatoms. The monoisotopic (exact) mass is 464 g/mol. The maximum Gasteiger partial charge on any atom is 0.227 e. The van der Waals surface area contributed by atoms with Crippen LogP contribution in [-0.2, 0) is 11.2 Å². The van der Waals surface area contributed by atoms with E-state index in [0.29, 0.717) is 29.9 Å². The molecule has 2 aromatic heterocycles. The van der Waals surface area contributed by atoms with Crippen LogP contribution in [-0.4, -0.2) is 34.7 Å². The predicted octanol–water partition coefficient (Wildman–Crippen LogP) is 5.15. The summed E-state index contributed by atoms with van der Waals surface area (Å²) in [4.78, 5) is 22.4. The van der Waals surface area contributed by atoms with Crippen LogP contribution in [0.25, 0.3) is 22.6 Å². The van der Waals surface area contributed by atoms with Gasteiger partial charge in [0.2, 0.25) is 17.6 Å². The zero-order valence-corrected chi connectivity index (χ0v) is 19.4. The van der Waals surface area contributed by atoms with Gasteiger partial charge in [0.05, 0.1) is 19.4 Å². The van der Waals surface area contributed by atoms with Gasteiger partial charge in [0, 0.05) is 28.8 Å². The number of nitrogens with zero attached hydrogens (tertiary/aromatic N) is 3. The maximum atomic E-state index is 12.4. The SMILES string of the molecule is CCOc1ccc(-c2noc(CCC(=O)Nc3nc(-c4ccc(OC)cc4)c(C)s3)n2)cc1. The summed E-state index contributed by atoms with van der Waals surface area (Å²) in [6, 6.07) is 15.1. The van der Waals surface area contributed by atoms with Gasteiger partial charge >= 0.3 is 0 Å². The number of benzene rings is 2. The number of carbonyl (C=O) groups excluding carboxylic acids is 1. The van der Waals surface area contributed by atoms with Gasteiger partial charge in [0.1, 0.15) is 11.5 Å². The first-order valence-electron chi connectivity index (χ1n) is 10.5. The molecule has 0 spiro atoms. The van der Waals surface area contributed by atoms with E-state index in [2.05, 4.69) is 20.4 Å². The second kappa shape index (κ2) is 10.3. The molecular formula is C24H24N4O4S. The summed E-state index contributed by atoms with van der Waals surface area (Å²) >= 11 is 1.44. The van der Waals surface area contributed by atoms with Crippen molar-refractivity contribution in [1.82, 2.24) is 15.1 Å². The lowest BCUT2D eigenvalue weighted by atomic mass is 10.1. The number of ether oxygens (including phenoxy) is 2. The zero-order valence-electron chi connectivity index (χ0n) is 18.6. The van der Waals surface area contributed by atoms with Crippen molar-refractivity contribution in [3.8, 4) is 34.1 Å². The summed E-state index contributed by atoms with van der Waals surface area (Å²) in [6.07, 6.45) is 0.549. The Balaban J connectivity index is 1.33. The quantitative estimate of drug-likeness (QED) is 0.366. The molecule has 0 atom stereocenters. The van der Waals surface area contributed by atoms with Gasteiger partial charge in [-0.05, 0) is 62.4 Å². The molecule has 8 nitrogen and oxygen atoms in total. The second-order valence-electron chi connectivity index (χ2n) is 7.17. The first-order chi connectivity index (χ1) is 16.1. The summed E-state index contributed by atoms with van der Waals surface area (Å²) in [5, 5.41) is 7.43. The topological polar surface area (TPSA) is 99.4 Å². The van der Waals surface area contributed by atoms with Crippen LogP contribution in [0.15, 0.2) is 53.1 Å². The van der Waals surface area contributed by atoms with Crippen molar-refractivity contribution in [1.29, 1.82) is 0 Å². The molecule has 0 unspecified atom stereocenters. The molecule has 1 amide bonds. The molecule has 33 heavy (non-hydrogen) atoms. The van der Waals surface area contributed by atoms with Crippen LogP contribution in [0.3, 0.4) is 0 Å². The minimum Gasteiger partial charge on any atom is -0.497 e. The average Bonchev–Trinajstić information content (AvgIpc) is 3.45. The first-order valence-corrected chi connectivity index (χ1v) is 11.3. The van der Waals surface area contributed by atoms with Gasteiger partial charge in [0.15, 0.2) is 5.13 Å². The average molecular weight is 465 g/mol. The summed E-state index contributed by atoms with van der Waals surface area (Å²) in [5.74, 6) is 2.29. The highest BCUT2D eigenvalue weighted by atomic mass is 32.1. The molecule has 4 aromatic rings. The van der Waals surface area contributed by atoms with Crippen molar-refractivity contribution < 1.29 is 18.8 Å². The van der Waals surface area contributed by atoms with Crippen molar-refractivity contribution in [3.63, 3.8) is 0 Å². The number of rotatable bonds is 9. The van der Waals surface area contributed by atoms with E-state index in [-0.39, 0.29) is 12.3 Å². The van der Waals surface area contributed by atoms with Gasteiger partial charge in [-0.2, -0.15) is 4.98 Å². The van der Waals surface area contributed by atoms with Gasteiger partial charge in [-0.15, -0.1) is 11.3 Å². The van der Waals surface area contributed by atoms with Gasteiger partial charge in [-0.1, -0.05) is 5.16 Å². The van der Waals surface area contributed by atoms with Crippen LogP contribution in [0.5, 0.6) is 11.5 Å². The summed E-state index contributed by atoms with van der Waals surface area (Å²) in [7, 11) is 1.63. The molecular weight excluding hydrogens is 440 g/mol. The second-order valence-corrected chi connectivity index (χ2v) is 8.37. The smallest absolute Gasteiger partial charge is 0.227 e. The Labute approximate surface area is 195 Å². The van der Waals surface area contributed by atoms with Crippen LogP contribution in [0.2, 0.25) is 0 Å². The number of thiazole rings is 1. The van der Waals surface area contributed by atoms with Crippen LogP contribution >= 0.6 is 11.3 Å². The molecule has 0 aliphatic carbocycles. The highest BCUT2D eigenvalue weighted by Crippen LogP contribution is 2.31. The van der Waals surface area contributed by atoms with Crippen molar-refractivity contribution >= 4 is 22.4 Å². The number of hydrogen-bond donors (Lipinski definition) is 1. The van der Waals surface area contributed by atoms with Gasteiger partial charge in [-0.3, -0.25) is 4.79 Å². The first kappa shape index (κ1) is 22.5. The van der Waals surface area contributed by atoms with Crippen LogP contribution < -0.4 is 14.8 Å². The van der Waals surface area contributed by atoms with Crippen molar-refractivity contribution in [2.75, 3.05) is 19.0 Å². The lowest BCUT2D eigenvalue weighted by Crippen LogP contribution is -2.12. The number of amides is 1. The van der Waals surface area contributed by atoms with Crippen LogP contribution in [0.1, 0.15) is 24.1 Å². The Bertz CT molecular complexity index is 1220. The van der Waals surface area contributed by atoms with Gasteiger partial charge in [-0.25, -0.2) is 4.98 Å². The highest BCUT2D eigenvalue weighted by molar-refractivity contribution is 7.16. The standard InChI is InChI=1S/C24H24N4O4S/c1-4-31-19-11-7-17(8-12-19)23-26-21(32-28-23)14-13-20(29)25-24-27-22(15(2)33-24)16-5-9-18(30-3)10-6-16/h5-12H,4,13-14H2,1-3H3,(H,25,27,29). The number of methoxy groups -OCH3 is 1. The lowest BCUT2D eigenvalue weighted by Gasteiger charge is -2.02. The Morgan fingerprint density at radius 1 is 1.03 bits per heavy atom. The molecule has 1 N–H and O–H groups in total. The zero-order chi connectivity index (χ0) is 23.2. The van der Waals surface area contributed by atoms with Gasteiger partial charge in [0.25, 0.3) is 0 Å². The third-order valence-corrected chi connectivity index (χ3v) is 5.75. The van der Waals surface area contributed by atoms with E-state index in [0.717, 1.165) is 33.2 Å². The van der Waals surface area contributed by atoms with Crippen LogP contribution in [0.4, 0.5) is 5.13 Å². The van der Waals surface area contributed by atoms with E-state index in [4.69, 9.17) is 14.0 Å². The van der Waals surface area contributed by atoms with Crippen molar-refractivity contribution in [3.05, 3.63) is 59.3 Å². The largest absolute Gasteiger partial charge is 0.497 e. The highest BCUT2D eigenvalue weighted by Gasteiger charge is 2.14. The van der Waals surface area contributed by atoms with Crippen LogP contribution in [0, 0.1) is 6.92 Å². The Morgan fingerprint density at radius 3 is 2.42 bits per heavy atom. The van der Waals surface area contributed by atoms with Crippen molar-refractivity contribution in [2.45, 2.75) is 26.7 Å². The molecule has 0 fully saturated rings. The van der Waals surface area contributed by atoms with E-state index in [1.165, 1.54) is 11.3 Å². The molecule has 2 heterocycles. The molecule has 0 saturated heterocycles. The molecule has 170 valence electrons. The third-order valence-electron chi connectivity index (χ3n) is 4.86. The Hall–Kier alpha value is -3.72. The maximum absolute atomic E-state index is 12.4. The number of nitrogens with one attached hydrogen (secondary N) is 1. The number of carbonyl (C=O) groups is 1. The molecule has 0 saturated carbocycles. The Morgan fingerprint density at radius 2 is 1.73 bits per heavy atom. The Kier molecular flexibility index (Phi) is 6.99. The number of aryl methyl sites for hydroxylation is 2. The summed E-state index contributed by atoms with van der Waals surface area (Å²) in [5.41, 5.74) is 2.63. The molecule has 0 aliphatic heterocycles. The van der Waals surface area contributed by atoms with E-state index in [9.17, 15) is 4.79 Å². The molecule has 0 aliphatic rings. The van der Waals surface area contributed by atoms with E-state index in [1.807, 2.05) is 62.4 Å². The fourth-order valence-corrected chi connectivity index (χ4v) is 4.06. The van der Waals surface area contributed by atoms with E-state index < -0.39 is 0 Å². The number of anilines is 1. The minimum absolute atomic E-state index is 0.161. The molecule has 4 rings (SSSR count). The third kappa shape index (κ3) is 5.56. The van der Waals surface area contributed by atoms with E-state index in [1.54, 1.807) is 7.11 Å². The van der Waals surface area contributed by atoms with Gasteiger partial charge < -0.3 is 19.3 Å². The number of hydrogen-bond acceptors (Lipinski definition) is 8. The van der Waals surface area contributed by atoms with E-state index >= 15 is 0 Å². The minimum atomic E-state index is -0.161. The normalized spacial score (nSPS) is 10.8. The molecule has 0 bridgehead atoms. The fraction of sp³-hybridized carbons (Fsp3) is 0.250. The summed E-state index contributed by atoms with van der Waals surface area (Å²) in [6.45, 7) is 4.52. The fourth-order valence-electron chi connectivity index (χ4n) is 3.21. The molecule has 2 aromatic carbocycles. The number of aromatic nitrogens is 3. The molecule has 0 radical (unpaired) electrons. The summed E-state index contributed by atoms with van der Waals surface area (Å²) < 4.78 is 15.9. The van der Waals surface area contributed by atoms with Crippen molar-refractivity contribution in [2.24, 2.45) is 0 Å².